The number of piperidine rings is 1. The Morgan fingerprint density at radius 1 is 1.24 bits per heavy atom. The van der Waals surface area contributed by atoms with E-state index in [1.807, 2.05) is 6.07 Å². The minimum absolute atomic E-state index is 0.121. The van der Waals surface area contributed by atoms with Crippen molar-refractivity contribution in [1.82, 2.24) is 10.2 Å². The first kappa shape index (κ1) is 16.7. The van der Waals surface area contributed by atoms with Gasteiger partial charge in [0.15, 0.2) is 11.5 Å². The Labute approximate surface area is 148 Å². The Kier molecular flexibility index (Phi) is 4.81. The summed E-state index contributed by atoms with van der Waals surface area (Å²) in [5, 5.41) is 3.07. The largest absolute Gasteiger partial charge is 0.454 e. The quantitative estimate of drug-likeness (QED) is 0.898. The normalized spacial score (nSPS) is 29.0. The second-order valence-corrected chi connectivity index (χ2v) is 7.27. The van der Waals surface area contributed by atoms with Gasteiger partial charge < -0.3 is 19.5 Å². The number of hydrogen-bond donors (Lipinski definition) is 1. The molecule has 0 unspecified atom stereocenters. The molecule has 1 aromatic carbocycles. The Balaban J connectivity index is 1.42. The minimum atomic E-state index is 0.121. The third-order valence-corrected chi connectivity index (χ3v) is 5.76. The van der Waals surface area contributed by atoms with Crippen LogP contribution in [0.4, 0.5) is 0 Å². The van der Waals surface area contributed by atoms with Gasteiger partial charge in [0.05, 0.1) is 6.61 Å². The molecule has 6 nitrogen and oxygen atoms in total. The zero-order valence-corrected chi connectivity index (χ0v) is 14.7. The topological polar surface area (TPSA) is 60.0 Å². The molecule has 3 aliphatic rings. The van der Waals surface area contributed by atoms with Crippen LogP contribution in [0.3, 0.4) is 0 Å². The summed E-state index contributed by atoms with van der Waals surface area (Å²) in [6.07, 6.45) is 1.97. The highest BCUT2D eigenvalue weighted by Crippen LogP contribution is 2.35. The second kappa shape index (κ2) is 7.22. The van der Waals surface area contributed by atoms with Crippen LogP contribution in [0.25, 0.3) is 0 Å². The van der Waals surface area contributed by atoms with Gasteiger partial charge in [0.1, 0.15) is 0 Å². The summed E-state index contributed by atoms with van der Waals surface area (Å²) in [4.78, 5) is 14.8. The van der Waals surface area contributed by atoms with Gasteiger partial charge in [-0.2, -0.15) is 0 Å². The molecule has 3 heterocycles. The van der Waals surface area contributed by atoms with E-state index in [9.17, 15) is 4.79 Å². The summed E-state index contributed by atoms with van der Waals surface area (Å²) in [5.41, 5.74) is 1.23. The molecule has 0 saturated carbocycles. The summed E-state index contributed by atoms with van der Waals surface area (Å²) in [6, 6.07) is 6.16. The van der Waals surface area contributed by atoms with E-state index >= 15 is 0 Å². The molecule has 3 aliphatic heterocycles. The Hall–Kier alpha value is -1.79. The third kappa shape index (κ3) is 3.46. The maximum atomic E-state index is 12.3. The number of nitrogens with one attached hydrogen (secondary N) is 1. The van der Waals surface area contributed by atoms with Crippen LogP contribution in [0.1, 0.15) is 18.4 Å². The summed E-state index contributed by atoms with van der Waals surface area (Å²) in [6.45, 7) is 4.62. The van der Waals surface area contributed by atoms with Crippen molar-refractivity contribution in [2.75, 3.05) is 40.1 Å². The molecule has 0 spiro atoms. The van der Waals surface area contributed by atoms with Gasteiger partial charge in [-0.1, -0.05) is 6.07 Å². The first-order valence-corrected chi connectivity index (χ1v) is 9.12. The fourth-order valence-electron chi connectivity index (χ4n) is 4.44. The molecule has 0 aliphatic carbocycles. The van der Waals surface area contributed by atoms with Crippen LogP contribution in [-0.4, -0.2) is 51.0 Å². The van der Waals surface area contributed by atoms with Crippen LogP contribution in [0.2, 0.25) is 0 Å². The van der Waals surface area contributed by atoms with Gasteiger partial charge in [0, 0.05) is 32.0 Å². The van der Waals surface area contributed by atoms with Crippen molar-refractivity contribution in [3.63, 3.8) is 0 Å². The summed E-state index contributed by atoms with van der Waals surface area (Å²) < 4.78 is 16.2. The molecule has 2 fully saturated rings. The summed E-state index contributed by atoms with van der Waals surface area (Å²) >= 11 is 0. The molecule has 6 heteroatoms. The molecule has 25 heavy (non-hydrogen) atoms. The predicted octanol–water partition coefficient (Wildman–Crippen LogP) is 1.64. The predicted molar refractivity (Wildman–Crippen MR) is 92.4 cm³/mol. The summed E-state index contributed by atoms with van der Waals surface area (Å²) in [7, 11) is 1.74. The average Bonchev–Trinajstić information content (AvgIpc) is 2.97. The first-order valence-electron chi connectivity index (χ1n) is 9.12. The van der Waals surface area contributed by atoms with E-state index in [1.54, 1.807) is 7.11 Å². The Morgan fingerprint density at radius 2 is 2.08 bits per heavy atom. The molecule has 1 aromatic rings. The number of methoxy groups -OCH3 is 1. The zero-order chi connectivity index (χ0) is 17.2. The number of ether oxygens (including phenoxy) is 3. The van der Waals surface area contributed by atoms with Crippen molar-refractivity contribution in [3.05, 3.63) is 23.8 Å². The van der Waals surface area contributed by atoms with Gasteiger partial charge in [0.2, 0.25) is 12.7 Å². The van der Waals surface area contributed by atoms with Gasteiger partial charge in [-0.15, -0.1) is 0 Å². The molecule has 136 valence electrons. The molecule has 3 atom stereocenters. The molecule has 1 N–H and O–H groups in total. The smallest absolute Gasteiger partial charge is 0.231 e. The minimum Gasteiger partial charge on any atom is -0.454 e. The fraction of sp³-hybridized carbons (Fsp3) is 0.632. The van der Waals surface area contributed by atoms with Crippen molar-refractivity contribution in [3.8, 4) is 11.5 Å². The lowest BCUT2D eigenvalue weighted by Crippen LogP contribution is -2.49. The van der Waals surface area contributed by atoms with E-state index in [0.717, 1.165) is 57.1 Å². The van der Waals surface area contributed by atoms with Crippen molar-refractivity contribution in [2.45, 2.75) is 19.4 Å². The Morgan fingerprint density at radius 3 is 2.96 bits per heavy atom. The van der Waals surface area contributed by atoms with E-state index < -0.39 is 0 Å². The molecule has 1 amide bonds. The van der Waals surface area contributed by atoms with Gasteiger partial charge in [-0.25, -0.2) is 0 Å². The van der Waals surface area contributed by atoms with Gasteiger partial charge in [0.25, 0.3) is 0 Å². The highest BCUT2D eigenvalue weighted by atomic mass is 16.7. The molecule has 0 radical (unpaired) electrons. The molecular formula is C19H26N2O4. The second-order valence-electron chi connectivity index (χ2n) is 7.27. The zero-order valence-electron chi connectivity index (χ0n) is 14.7. The SMILES string of the molecule is COC[C@@H]1CNC(=O)[C@H]2CCN(Cc3ccc4c(c3)OCO4)CC[C@@H]12. The van der Waals surface area contributed by atoms with Crippen LogP contribution in [0.15, 0.2) is 18.2 Å². The average molecular weight is 346 g/mol. The van der Waals surface area contributed by atoms with Crippen molar-refractivity contribution < 1.29 is 19.0 Å². The molecule has 0 bridgehead atoms. The van der Waals surface area contributed by atoms with Gasteiger partial charge in [-0.05, 0) is 49.5 Å². The summed E-state index contributed by atoms with van der Waals surface area (Å²) in [5.74, 6) is 2.86. The molecule has 4 rings (SSSR count). The third-order valence-electron chi connectivity index (χ3n) is 5.76. The maximum absolute atomic E-state index is 12.3. The lowest BCUT2D eigenvalue weighted by Gasteiger charge is -2.36. The van der Waals surface area contributed by atoms with E-state index in [0.29, 0.717) is 18.6 Å². The number of fused-ring (bicyclic) bond motifs is 2. The fourth-order valence-corrected chi connectivity index (χ4v) is 4.44. The number of rotatable bonds is 4. The van der Waals surface area contributed by atoms with E-state index in [-0.39, 0.29) is 11.8 Å². The number of amides is 1. The molecule has 0 aromatic heterocycles. The van der Waals surface area contributed by atoms with Crippen LogP contribution >= 0.6 is 0 Å². The number of carbonyl (C=O) groups excluding carboxylic acids is 1. The van der Waals surface area contributed by atoms with Gasteiger partial charge >= 0.3 is 0 Å². The maximum Gasteiger partial charge on any atom is 0.231 e. The van der Waals surface area contributed by atoms with Gasteiger partial charge in [-0.3, -0.25) is 9.69 Å². The Bertz CT molecular complexity index is 636. The van der Waals surface area contributed by atoms with E-state index in [4.69, 9.17) is 14.2 Å². The van der Waals surface area contributed by atoms with E-state index in [1.165, 1.54) is 5.56 Å². The van der Waals surface area contributed by atoms with E-state index in [2.05, 4.69) is 22.3 Å². The highest BCUT2D eigenvalue weighted by Gasteiger charge is 2.39. The van der Waals surface area contributed by atoms with Crippen molar-refractivity contribution in [2.24, 2.45) is 17.8 Å². The molecule has 2 saturated heterocycles. The monoisotopic (exact) mass is 346 g/mol. The van der Waals surface area contributed by atoms with Crippen molar-refractivity contribution >= 4 is 5.91 Å². The highest BCUT2D eigenvalue weighted by molar-refractivity contribution is 5.79. The first-order chi connectivity index (χ1) is 12.2. The number of carbonyl (C=O) groups is 1. The van der Waals surface area contributed by atoms with Crippen LogP contribution < -0.4 is 14.8 Å². The lowest BCUT2D eigenvalue weighted by atomic mass is 9.75. The number of hydrogen-bond acceptors (Lipinski definition) is 5. The molecular weight excluding hydrogens is 320 g/mol. The van der Waals surface area contributed by atoms with Crippen LogP contribution in [0.5, 0.6) is 11.5 Å². The van der Waals surface area contributed by atoms with Crippen molar-refractivity contribution in [1.29, 1.82) is 0 Å². The van der Waals surface area contributed by atoms with Crippen LogP contribution in [0, 0.1) is 17.8 Å². The number of likely N-dealkylation sites (tertiary alicyclic amines) is 1. The number of nitrogens with zero attached hydrogens (tertiary/aromatic N) is 1. The number of benzene rings is 1. The lowest BCUT2D eigenvalue weighted by molar-refractivity contribution is -0.131. The van der Waals surface area contributed by atoms with Crippen LogP contribution in [-0.2, 0) is 16.1 Å². The standard InChI is InChI=1S/C19H26N2O4/c1-23-11-14-9-20-19(22)16-5-7-21(6-4-15(14)16)10-13-2-3-17-18(8-13)25-12-24-17/h2-3,8,14-16H,4-7,9-12H2,1H3,(H,20,22)/t14-,15-,16-/m0/s1.